The molecule has 1 amide bonds. The summed E-state index contributed by atoms with van der Waals surface area (Å²) >= 11 is 0. The number of amides is 1. The van der Waals surface area contributed by atoms with Crippen LogP contribution in [0.1, 0.15) is 31.2 Å². The van der Waals surface area contributed by atoms with Crippen molar-refractivity contribution in [2.24, 2.45) is 5.73 Å². The Hall–Kier alpha value is -3.15. The molecule has 0 aliphatic carbocycles. The smallest absolute Gasteiger partial charge is 0.475 e. The zero-order valence-electron chi connectivity index (χ0n) is 17.3. The number of benzene rings is 1. The summed E-state index contributed by atoms with van der Waals surface area (Å²) in [5, 5.41) is 7.12. The van der Waals surface area contributed by atoms with E-state index in [2.05, 4.69) is 0 Å². The van der Waals surface area contributed by atoms with Crippen LogP contribution in [0, 0.1) is 0 Å². The molecule has 32 heavy (non-hydrogen) atoms. The van der Waals surface area contributed by atoms with Gasteiger partial charge in [0, 0.05) is 13.0 Å². The minimum absolute atomic E-state index is 0.0521. The number of carboxylic acids is 1. The number of carbonyl (C=O) groups is 4. The predicted molar refractivity (Wildman–Crippen MR) is 104 cm³/mol. The van der Waals surface area contributed by atoms with Gasteiger partial charge >= 0.3 is 24.1 Å². The molecule has 0 unspecified atom stereocenters. The first-order chi connectivity index (χ1) is 15.0. The maximum absolute atomic E-state index is 12.4. The quantitative estimate of drug-likeness (QED) is 0.584. The number of likely N-dealkylation sites (tertiary alicyclic amines) is 1. The lowest BCUT2D eigenvalue weighted by atomic mass is 10.1. The van der Waals surface area contributed by atoms with E-state index in [1.54, 1.807) is 0 Å². The van der Waals surface area contributed by atoms with Crippen LogP contribution in [0.4, 0.5) is 13.2 Å². The molecule has 0 saturated carbocycles. The topological polar surface area (TPSA) is 136 Å². The van der Waals surface area contributed by atoms with Crippen LogP contribution in [0.5, 0.6) is 0 Å². The van der Waals surface area contributed by atoms with Gasteiger partial charge in [0.15, 0.2) is 0 Å². The number of esters is 2. The first kappa shape index (κ1) is 26.9. The van der Waals surface area contributed by atoms with Crippen molar-refractivity contribution < 1.29 is 46.9 Å². The van der Waals surface area contributed by atoms with E-state index in [0.29, 0.717) is 13.0 Å². The van der Waals surface area contributed by atoms with Gasteiger partial charge in [-0.05, 0) is 24.8 Å². The highest BCUT2D eigenvalue weighted by Crippen LogP contribution is 2.20. The van der Waals surface area contributed by atoms with E-state index in [4.69, 9.17) is 25.1 Å². The molecule has 0 aromatic heterocycles. The van der Waals surface area contributed by atoms with Gasteiger partial charge in [-0.2, -0.15) is 13.2 Å². The lowest BCUT2D eigenvalue weighted by Crippen LogP contribution is -2.48. The second-order valence-electron chi connectivity index (χ2n) is 6.81. The van der Waals surface area contributed by atoms with Crippen molar-refractivity contribution in [2.75, 3.05) is 13.7 Å². The average molecular weight is 462 g/mol. The van der Waals surface area contributed by atoms with Crippen molar-refractivity contribution in [1.82, 2.24) is 4.90 Å². The van der Waals surface area contributed by atoms with Crippen molar-refractivity contribution in [3.63, 3.8) is 0 Å². The number of halogens is 3. The normalized spacial score (nSPS) is 16.4. The molecule has 178 valence electrons. The first-order valence-corrected chi connectivity index (χ1v) is 9.61. The summed E-state index contributed by atoms with van der Waals surface area (Å²) in [4.78, 5) is 46.3. The van der Waals surface area contributed by atoms with Gasteiger partial charge in [-0.3, -0.25) is 9.59 Å². The van der Waals surface area contributed by atoms with E-state index in [0.717, 1.165) is 12.0 Å². The molecule has 2 rings (SSSR count). The summed E-state index contributed by atoms with van der Waals surface area (Å²) in [7, 11) is 1.30. The maximum atomic E-state index is 12.4. The Kier molecular flexibility index (Phi) is 10.6. The SMILES string of the molecule is COC(=O)[C@@H]1CCCN1C(=O)[C@@H](N)CCC(=O)OCc1ccccc1.O=C(O)C(F)(F)F. The van der Waals surface area contributed by atoms with Gasteiger partial charge in [0.25, 0.3) is 0 Å². The molecule has 1 saturated heterocycles. The molecule has 0 spiro atoms. The average Bonchev–Trinajstić information content (AvgIpc) is 3.25. The highest BCUT2D eigenvalue weighted by atomic mass is 19.4. The van der Waals surface area contributed by atoms with Crippen molar-refractivity contribution in [1.29, 1.82) is 0 Å². The van der Waals surface area contributed by atoms with Crippen molar-refractivity contribution in [3.05, 3.63) is 35.9 Å². The first-order valence-electron chi connectivity index (χ1n) is 9.61. The van der Waals surface area contributed by atoms with Crippen LogP contribution >= 0.6 is 0 Å². The lowest BCUT2D eigenvalue weighted by Gasteiger charge is -2.25. The van der Waals surface area contributed by atoms with Gasteiger partial charge in [-0.1, -0.05) is 30.3 Å². The third-order valence-electron chi connectivity index (χ3n) is 4.47. The molecule has 1 aromatic carbocycles. The fraction of sp³-hybridized carbons (Fsp3) is 0.500. The zero-order chi connectivity index (χ0) is 24.3. The lowest BCUT2D eigenvalue weighted by molar-refractivity contribution is -0.192. The van der Waals surface area contributed by atoms with Gasteiger partial charge in [-0.15, -0.1) is 0 Å². The minimum atomic E-state index is -5.08. The number of alkyl halides is 3. The summed E-state index contributed by atoms with van der Waals surface area (Å²) in [5.74, 6) is -3.92. The molecule has 1 fully saturated rings. The standard InChI is InChI=1S/C18H24N2O5.C2HF3O2/c1-24-18(23)15-8-5-11-20(15)17(22)14(19)9-10-16(21)25-12-13-6-3-2-4-7-13;3-2(4,5)1(6)7/h2-4,6-7,14-15H,5,8-12,19H2,1H3;(H,6,7)/t14-,15-;/m0./s1. The minimum Gasteiger partial charge on any atom is -0.475 e. The van der Waals surface area contributed by atoms with Crippen LogP contribution in [-0.2, 0) is 35.3 Å². The Balaban J connectivity index is 0.000000633. The van der Waals surface area contributed by atoms with Crippen molar-refractivity contribution in [3.8, 4) is 0 Å². The molecule has 2 atom stereocenters. The van der Waals surface area contributed by atoms with Crippen LogP contribution < -0.4 is 5.73 Å². The van der Waals surface area contributed by atoms with Crippen LogP contribution in [0.3, 0.4) is 0 Å². The Labute approximate surface area is 182 Å². The fourth-order valence-electron chi connectivity index (χ4n) is 2.83. The van der Waals surface area contributed by atoms with Gasteiger partial charge in [0.2, 0.25) is 5.91 Å². The van der Waals surface area contributed by atoms with E-state index >= 15 is 0 Å². The van der Waals surface area contributed by atoms with Gasteiger partial charge in [0.05, 0.1) is 13.2 Å². The number of rotatable bonds is 7. The predicted octanol–water partition coefficient (Wildman–Crippen LogP) is 1.63. The molecule has 9 nitrogen and oxygen atoms in total. The molecule has 3 N–H and O–H groups in total. The summed E-state index contributed by atoms with van der Waals surface area (Å²) in [6, 6.07) is 7.93. The van der Waals surface area contributed by atoms with E-state index in [9.17, 15) is 27.6 Å². The van der Waals surface area contributed by atoms with Crippen molar-refractivity contribution in [2.45, 2.75) is 50.6 Å². The molecular weight excluding hydrogens is 437 g/mol. The van der Waals surface area contributed by atoms with Crippen LogP contribution in [-0.4, -0.2) is 65.7 Å². The second kappa shape index (κ2) is 12.6. The Morgan fingerprint density at radius 1 is 1.22 bits per heavy atom. The summed E-state index contributed by atoms with van der Waals surface area (Å²) in [6.07, 6.45) is -3.55. The molecule has 0 bridgehead atoms. The van der Waals surface area contributed by atoms with Gasteiger partial charge in [-0.25, -0.2) is 9.59 Å². The van der Waals surface area contributed by atoms with Crippen LogP contribution in [0.25, 0.3) is 0 Å². The van der Waals surface area contributed by atoms with Crippen LogP contribution in [0.15, 0.2) is 30.3 Å². The molecule has 1 aliphatic rings. The number of nitrogens with two attached hydrogens (primary N) is 1. The van der Waals surface area contributed by atoms with E-state index in [-0.39, 0.29) is 25.4 Å². The Bertz CT molecular complexity index is 787. The monoisotopic (exact) mass is 462 g/mol. The van der Waals surface area contributed by atoms with Gasteiger partial charge < -0.3 is 25.2 Å². The highest BCUT2D eigenvalue weighted by Gasteiger charge is 2.38. The number of carbonyl (C=O) groups excluding carboxylic acids is 3. The molecule has 1 heterocycles. The van der Waals surface area contributed by atoms with E-state index in [1.807, 2.05) is 30.3 Å². The summed E-state index contributed by atoms with van der Waals surface area (Å²) in [5.41, 5.74) is 6.80. The van der Waals surface area contributed by atoms with E-state index in [1.165, 1.54) is 12.0 Å². The number of nitrogens with zero attached hydrogens (tertiary/aromatic N) is 1. The highest BCUT2D eigenvalue weighted by molar-refractivity contribution is 5.88. The molecule has 1 aromatic rings. The van der Waals surface area contributed by atoms with Gasteiger partial charge in [0.1, 0.15) is 12.6 Å². The molecular formula is C20H25F3N2O7. The van der Waals surface area contributed by atoms with Crippen molar-refractivity contribution >= 4 is 23.8 Å². The maximum Gasteiger partial charge on any atom is 0.490 e. The third-order valence-corrected chi connectivity index (χ3v) is 4.47. The number of hydrogen-bond acceptors (Lipinski definition) is 7. The summed E-state index contributed by atoms with van der Waals surface area (Å²) in [6.45, 7) is 0.671. The Morgan fingerprint density at radius 3 is 2.34 bits per heavy atom. The number of ether oxygens (including phenoxy) is 2. The third kappa shape index (κ3) is 8.92. The summed E-state index contributed by atoms with van der Waals surface area (Å²) < 4.78 is 41.6. The number of carboxylic acid groups (broad SMARTS) is 1. The number of hydrogen-bond donors (Lipinski definition) is 2. The number of aliphatic carboxylic acids is 1. The fourth-order valence-corrected chi connectivity index (χ4v) is 2.83. The molecule has 0 radical (unpaired) electrons. The van der Waals surface area contributed by atoms with E-state index < -0.39 is 36.2 Å². The van der Waals surface area contributed by atoms with Crippen LogP contribution in [0.2, 0.25) is 0 Å². The second-order valence-corrected chi connectivity index (χ2v) is 6.81. The number of methoxy groups -OCH3 is 1. The zero-order valence-corrected chi connectivity index (χ0v) is 17.3. The molecule has 12 heteroatoms. The Morgan fingerprint density at radius 2 is 1.81 bits per heavy atom. The molecule has 1 aliphatic heterocycles. The largest absolute Gasteiger partial charge is 0.490 e.